The highest BCUT2D eigenvalue weighted by atomic mass is 32.1. The molecule has 0 bridgehead atoms. The lowest BCUT2D eigenvalue weighted by Gasteiger charge is -2.04. The summed E-state index contributed by atoms with van der Waals surface area (Å²) in [5, 5.41) is 13.3. The molecule has 0 aliphatic rings. The van der Waals surface area contributed by atoms with Gasteiger partial charge < -0.3 is 15.2 Å². The maximum Gasteiger partial charge on any atom is 0.322 e. The normalized spacial score (nSPS) is 10.2. The predicted molar refractivity (Wildman–Crippen MR) is 82.0 cm³/mol. The van der Waals surface area contributed by atoms with Gasteiger partial charge in [-0.3, -0.25) is 9.59 Å². The van der Waals surface area contributed by atoms with Crippen molar-refractivity contribution in [1.29, 1.82) is 0 Å². The highest BCUT2D eigenvalue weighted by Gasteiger charge is 2.09. The van der Waals surface area contributed by atoms with Gasteiger partial charge in [0.25, 0.3) is 0 Å². The second-order valence-electron chi connectivity index (χ2n) is 4.68. The second-order valence-corrected chi connectivity index (χ2v) is 5.62. The molecule has 0 fully saturated rings. The molecule has 2 rings (SSSR count). The largest absolute Gasteiger partial charge is 0.486 e. The van der Waals surface area contributed by atoms with Crippen LogP contribution in [0.1, 0.15) is 16.3 Å². The standard InChI is InChI=1S/C15H16N2O4S/c1-10-2-4-12(5-3-10)21-8-14-17-11(9-22-14)6-13(18)16-7-15(19)20/h2-5,9H,6-8H2,1H3,(H,16,18)(H,19,20). The molecule has 116 valence electrons. The molecule has 6 nitrogen and oxygen atoms in total. The van der Waals surface area contributed by atoms with Gasteiger partial charge in [0.1, 0.15) is 23.9 Å². The van der Waals surface area contributed by atoms with E-state index < -0.39 is 5.97 Å². The molecule has 0 unspecified atom stereocenters. The zero-order valence-electron chi connectivity index (χ0n) is 12.0. The van der Waals surface area contributed by atoms with Crippen molar-refractivity contribution >= 4 is 23.2 Å². The fourth-order valence-corrected chi connectivity index (χ4v) is 2.38. The Balaban J connectivity index is 1.82. The van der Waals surface area contributed by atoms with Crippen molar-refractivity contribution < 1.29 is 19.4 Å². The van der Waals surface area contributed by atoms with Gasteiger partial charge in [-0.05, 0) is 19.1 Å². The van der Waals surface area contributed by atoms with E-state index in [-0.39, 0.29) is 18.9 Å². The number of thiazole rings is 1. The van der Waals surface area contributed by atoms with Gasteiger partial charge in [0, 0.05) is 5.38 Å². The van der Waals surface area contributed by atoms with Gasteiger partial charge in [-0.1, -0.05) is 17.7 Å². The molecule has 0 aliphatic heterocycles. The lowest BCUT2D eigenvalue weighted by atomic mass is 10.2. The summed E-state index contributed by atoms with van der Waals surface area (Å²) in [6.45, 7) is 1.96. The molecule has 0 radical (unpaired) electrons. The molecular formula is C15H16N2O4S. The minimum atomic E-state index is -1.07. The number of carbonyl (C=O) groups is 2. The lowest BCUT2D eigenvalue weighted by molar-refractivity contribution is -0.137. The summed E-state index contributed by atoms with van der Waals surface area (Å²) in [5.41, 5.74) is 1.77. The van der Waals surface area contributed by atoms with Crippen molar-refractivity contribution in [1.82, 2.24) is 10.3 Å². The summed E-state index contributed by atoms with van der Waals surface area (Å²) in [5.74, 6) is -0.668. The molecule has 0 spiro atoms. The zero-order chi connectivity index (χ0) is 15.9. The average molecular weight is 320 g/mol. The van der Waals surface area contributed by atoms with Crippen LogP contribution < -0.4 is 10.1 Å². The monoisotopic (exact) mass is 320 g/mol. The molecule has 1 heterocycles. The summed E-state index contributed by atoms with van der Waals surface area (Å²) >= 11 is 1.41. The third kappa shape index (κ3) is 5.17. The number of aromatic nitrogens is 1. The Morgan fingerprint density at radius 3 is 2.73 bits per heavy atom. The number of benzene rings is 1. The van der Waals surface area contributed by atoms with Crippen LogP contribution in [0.3, 0.4) is 0 Å². The number of nitrogens with one attached hydrogen (secondary N) is 1. The Morgan fingerprint density at radius 2 is 2.05 bits per heavy atom. The van der Waals surface area contributed by atoms with Crippen LogP contribution in [0, 0.1) is 6.92 Å². The molecule has 0 atom stereocenters. The van der Waals surface area contributed by atoms with Gasteiger partial charge in [0.15, 0.2) is 0 Å². The quantitative estimate of drug-likeness (QED) is 0.812. The first-order chi connectivity index (χ1) is 10.5. The van der Waals surface area contributed by atoms with Crippen molar-refractivity contribution in [2.45, 2.75) is 20.0 Å². The Kier molecular flexibility index (Phi) is 5.48. The number of nitrogens with zero attached hydrogens (tertiary/aromatic N) is 1. The van der Waals surface area contributed by atoms with Crippen LogP contribution in [0.2, 0.25) is 0 Å². The van der Waals surface area contributed by atoms with E-state index in [1.807, 2.05) is 31.2 Å². The Labute approximate surface area is 131 Å². The van der Waals surface area contributed by atoms with Gasteiger partial charge in [0.2, 0.25) is 5.91 Å². The van der Waals surface area contributed by atoms with Crippen LogP contribution in [0.4, 0.5) is 0 Å². The molecule has 7 heteroatoms. The van der Waals surface area contributed by atoms with Crippen LogP contribution in [-0.2, 0) is 22.6 Å². The van der Waals surface area contributed by atoms with Crippen molar-refractivity contribution in [3.05, 3.63) is 45.9 Å². The van der Waals surface area contributed by atoms with Gasteiger partial charge in [0.05, 0.1) is 12.1 Å². The number of hydrogen-bond donors (Lipinski definition) is 2. The van der Waals surface area contributed by atoms with E-state index >= 15 is 0 Å². The van der Waals surface area contributed by atoms with Crippen LogP contribution >= 0.6 is 11.3 Å². The van der Waals surface area contributed by atoms with Gasteiger partial charge in [-0.15, -0.1) is 11.3 Å². The first kappa shape index (κ1) is 16.0. The number of aryl methyl sites for hydroxylation is 1. The van der Waals surface area contributed by atoms with Crippen LogP contribution in [0.5, 0.6) is 5.75 Å². The number of rotatable bonds is 7. The SMILES string of the molecule is Cc1ccc(OCc2nc(CC(=O)NCC(=O)O)cs2)cc1. The van der Waals surface area contributed by atoms with Gasteiger partial charge in [-0.25, -0.2) is 4.98 Å². The number of amides is 1. The zero-order valence-corrected chi connectivity index (χ0v) is 12.9. The van der Waals surface area contributed by atoms with E-state index in [1.165, 1.54) is 11.3 Å². The molecule has 1 aromatic carbocycles. The molecule has 22 heavy (non-hydrogen) atoms. The molecule has 0 saturated carbocycles. The molecular weight excluding hydrogens is 304 g/mol. The number of ether oxygens (including phenoxy) is 1. The minimum absolute atomic E-state index is 0.0638. The number of aliphatic carboxylic acids is 1. The maximum atomic E-state index is 11.5. The van der Waals surface area contributed by atoms with Gasteiger partial charge >= 0.3 is 5.97 Å². The van der Waals surface area contributed by atoms with Crippen molar-refractivity contribution in [3.63, 3.8) is 0 Å². The third-order valence-electron chi connectivity index (χ3n) is 2.76. The number of hydrogen-bond acceptors (Lipinski definition) is 5. The van der Waals surface area contributed by atoms with E-state index in [1.54, 1.807) is 5.38 Å². The van der Waals surface area contributed by atoms with Gasteiger partial charge in [-0.2, -0.15) is 0 Å². The molecule has 1 aromatic heterocycles. The van der Waals surface area contributed by atoms with E-state index in [4.69, 9.17) is 9.84 Å². The maximum absolute atomic E-state index is 11.5. The van der Waals surface area contributed by atoms with Crippen molar-refractivity contribution in [2.24, 2.45) is 0 Å². The summed E-state index contributed by atoms with van der Waals surface area (Å²) in [6, 6.07) is 7.72. The lowest BCUT2D eigenvalue weighted by Crippen LogP contribution is -2.30. The van der Waals surface area contributed by atoms with Crippen LogP contribution in [-0.4, -0.2) is 28.5 Å². The second kappa shape index (κ2) is 7.56. The smallest absolute Gasteiger partial charge is 0.322 e. The number of carbonyl (C=O) groups excluding carboxylic acids is 1. The molecule has 2 N–H and O–H groups in total. The van der Waals surface area contributed by atoms with Crippen LogP contribution in [0.25, 0.3) is 0 Å². The first-order valence-electron chi connectivity index (χ1n) is 6.64. The summed E-state index contributed by atoms with van der Waals surface area (Å²) in [4.78, 5) is 26.1. The third-order valence-corrected chi connectivity index (χ3v) is 3.63. The summed E-state index contributed by atoms with van der Waals surface area (Å²) in [6.07, 6.45) is 0.0638. The summed E-state index contributed by atoms with van der Waals surface area (Å²) < 4.78 is 5.61. The van der Waals surface area contributed by atoms with Crippen molar-refractivity contribution in [2.75, 3.05) is 6.54 Å². The molecule has 0 aliphatic carbocycles. The van der Waals surface area contributed by atoms with Crippen molar-refractivity contribution in [3.8, 4) is 5.75 Å². The number of carboxylic acid groups (broad SMARTS) is 1. The first-order valence-corrected chi connectivity index (χ1v) is 7.52. The average Bonchev–Trinajstić information content (AvgIpc) is 2.92. The minimum Gasteiger partial charge on any atom is -0.486 e. The topological polar surface area (TPSA) is 88.5 Å². The number of carboxylic acids is 1. The molecule has 2 aromatic rings. The fourth-order valence-electron chi connectivity index (χ4n) is 1.68. The van der Waals surface area contributed by atoms with E-state index in [0.717, 1.165) is 16.3 Å². The predicted octanol–water partition coefficient (Wildman–Crippen LogP) is 1.77. The molecule has 1 amide bonds. The summed E-state index contributed by atoms with van der Waals surface area (Å²) in [7, 11) is 0. The van der Waals surface area contributed by atoms with E-state index in [2.05, 4.69) is 10.3 Å². The highest BCUT2D eigenvalue weighted by molar-refractivity contribution is 7.09. The Bertz CT molecular complexity index is 652. The van der Waals surface area contributed by atoms with E-state index in [9.17, 15) is 9.59 Å². The van der Waals surface area contributed by atoms with E-state index in [0.29, 0.717) is 12.3 Å². The molecule has 0 saturated heterocycles. The highest BCUT2D eigenvalue weighted by Crippen LogP contribution is 2.16. The fraction of sp³-hybridized carbons (Fsp3) is 0.267. The Hall–Kier alpha value is -2.41. The Morgan fingerprint density at radius 1 is 1.32 bits per heavy atom. The van der Waals surface area contributed by atoms with Crippen LogP contribution in [0.15, 0.2) is 29.6 Å².